The summed E-state index contributed by atoms with van der Waals surface area (Å²) in [7, 11) is 0. The molecule has 0 aliphatic carbocycles. The number of hydrogen-bond acceptors (Lipinski definition) is 4. The Bertz CT molecular complexity index is 996. The quantitative estimate of drug-likeness (QED) is 0.546. The van der Waals surface area contributed by atoms with Gasteiger partial charge in [0.05, 0.1) is 11.5 Å². The average Bonchev–Trinajstić information content (AvgIpc) is 2.66. The van der Waals surface area contributed by atoms with Crippen LogP contribution in [0.3, 0.4) is 0 Å². The summed E-state index contributed by atoms with van der Waals surface area (Å²) in [6, 6.07) is 18.5. The molecule has 3 aromatic rings. The molecule has 7 nitrogen and oxygen atoms in total. The second kappa shape index (κ2) is 7.43. The van der Waals surface area contributed by atoms with E-state index in [2.05, 4.69) is 10.6 Å². The van der Waals surface area contributed by atoms with Crippen molar-refractivity contribution in [1.82, 2.24) is 5.32 Å². The zero-order valence-corrected chi connectivity index (χ0v) is 13.6. The van der Waals surface area contributed by atoms with Gasteiger partial charge in [-0.25, -0.2) is 0 Å². The molecule has 0 atom stereocenters. The first kappa shape index (κ1) is 17.1. The molecule has 0 aromatic heterocycles. The van der Waals surface area contributed by atoms with Crippen LogP contribution in [0.25, 0.3) is 10.8 Å². The summed E-state index contributed by atoms with van der Waals surface area (Å²) < 4.78 is 0. The van der Waals surface area contributed by atoms with Crippen LogP contribution in [0.15, 0.2) is 66.7 Å². The summed E-state index contributed by atoms with van der Waals surface area (Å²) in [4.78, 5) is 34.4. The number of benzene rings is 3. The first-order valence-corrected chi connectivity index (χ1v) is 7.85. The van der Waals surface area contributed by atoms with E-state index in [-0.39, 0.29) is 23.7 Å². The van der Waals surface area contributed by atoms with Crippen molar-refractivity contribution in [2.24, 2.45) is 0 Å². The van der Waals surface area contributed by atoms with Gasteiger partial charge in [0.2, 0.25) is 5.91 Å². The summed E-state index contributed by atoms with van der Waals surface area (Å²) in [5.41, 5.74) is 0.590. The highest BCUT2D eigenvalue weighted by atomic mass is 16.6. The number of nitrogens with zero attached hydrogens (tertiary/aromatic N) is 1. The highest BCUT2D eigenvalue weighted by molar-refractivity contribution is 6.04. The van der Waals surface area contributed by atoms with Crippen molar-refractivity contribution in [2.75, 3.05) is 11.9 Å². The molecular weight excluding hydrogens is 334 g/mol. The number of fused-ring (bicyclic) bond motifs is 1. The van der Waals surface area contributed by atoms with Crippen molar-refractivity contribution in [2.45, 2.75) is 0 Å². The fraction of sp³-hybridized carbons (Fsp3) is 0.0526. The number of nitro groups is 1. The van der Waals surface area contributed by atoms with Crippen LogP contribution in [0, 0.1) is 10.1 Å². The van der Waals surface area contributed by atoms with Crippen LogP contribution in [0.1, 0.15) is 10.4 Å². The number of nitrogens with one attached hydrogen (secondary N) is 2. The van der Waals surface area contributed by atoms with Crippen LogP contribution in [0.5, 0.6) is 0 Å². The van der Waals surface area contributed by atoms with E-state index in [1.54, 1.807) is 6.07 Å². The molecule has 2 amide bonds. The maximum Gasteiger partial charge on any atom is 0.270 e. The Morgan fingerprint density at radius 3 is 2.50 bits per heavy atom. The predicted molar refractivity (Wildman–Crippen MR) is 98.0 cm³/mol. The molecule has 2 N–H and O–H groups in total. The van der Waals surface area contributed by atoms with Crippen molar-refractivity contribution in [3.05, 3.63) is 82.4 Å². The van der Waals surface area contributed by atoms with Crippen LogP contribution < -0.4 is 10.6 Å². The fourth-order valence-electron chi connectivity index (χ4n) is 2.55. The van der Waals surface area contributed by atoms with Gasteiger partial charge in [-0.3, -0.25) is 19.7 Å². The first-order chi connectivity index (χ1) is 12.5. The van der Waals surface area contributed by atoms with Crippen molar-refractivity contribution in [3.8, 4) is 0 Å². The Labute approximate surface area is 148 Å². The van der Waals surface area contributed by atoms with Crippen molar-refractivity contribution < 1.29 is 14.5 Å². The molecule has 3 aromatic carbocycles. The van der Waals surface area contributed by atoms with Gasteiger partial charge in [-0.2, -0.15) is 0 Å². The van der Waals surface area contributed by atoms with E-state index < -0.39 is 10.8 Å². The molecule has 0 radical (unpaired) electrons. The van der Waals surface area contributed by atoms with Crippen molar-refractivity contribution >= 4 is 34.0 Å². The van der Waals surface area contributed by atoms with Gasteiger partial charge in [0.1, 0.15) is 0 Å². The van der Waals surface area contributed by atoms with Gasteiger partial charge < -0.3 is 10.6 Å². The molecule has 0 saturated carbocycles. The van der Waals surface area contributed by atoms with Crippen LogP contribution in [0.4, 0.5) is 11.4 Å². The molecule has 26 heavy (non-hydrogen) atoms. The molecule has 0 saturated heterocycles. The third-order valence-corrected chi connectivity index (χ3v) is 3.79. The Hall–Kier alpha value is -3.74. The molecule has 7 heteroatoms. The normalized spacial score (nSPS) is 10.3. The maximum atomic E-state index is 12.1. The number of anilines is 1. The van der Waals surface area contributed by atoms with Gasteiger partial charge in [-0.15, -0.1) is 0 Å². The lowest BCUT2D eigenvalue weighted by atomic mass is 10.1. The maximum absolute atomic E-state index is 12.1. The number of hydrogen-bond donors (Lipinski definition) is 2. The summed E-state index contributed by atoms with van der Waals surface area (Å²) in [5, 5.41) is 17.9. The second-order valence-electron chi connectivity index (χ2n) is 5.57. The molecule has 0 bridgehead atoms. The second-order valence-corrected chi connectivity index (χ2v) is 5.57. The van der Waals surface area contributed by atoms with Crippen molar-refractivity contribution in [1.29, 1.82) is 0 Å². The third kappa shape index (κ3) is 3.84. The number of carbonyl (C=O) groups is 2. The zero-order chi connectivity index (χ0) is 18.5. The van der Waals surface area contributed by atoms with Crippen LogP contribution in [0.2, 0.25) is 0 Å². The first-order valence-electron chi connectivity index (χ1n) is 7.85. The summed E-state index contributed by atoms with van der Waals surface area (Å²) in [6.45, 7) is -0.245. The van der Waals surface area contributed by atoms with Gasteiger partial charge in [-0.05, 0) is 17.5 Å². The van der Waals surface area contributed by atoms with Crippen LogP contribution >= 0.6 is 0 Å². The van der Waals surface area contributed by atoms with E-state index >= 15 is 0 Å². The predicted octanol–water partition coefficient (Wildman–Crippen LogP) is 3.12. The molecule has 0 aliphatic heterocycles. The smallest absolute Gasteiger partial charge is 0.270 e. The highest BCUT2D eigenvalue weighted by Crippen LogP contribution is 2.22. The highest BCUT2D eigenvalue weighted by Gasteiger charge is 2.13. The van der Waals surface area contributed by atoms with Gasteiger partial charge in [-0.1, -0.05) is 42.5 Å². The van der Waals surface area contributed by atoms with Gasteiger partial charge in [0, 0.05) is 28.8 Å². The Balaban J connectivity index is 1.64. The Morgan fingerprint density at radius 1 is 0.962 bits per heavy atom. The topological polar surface area (TPSA) is 101 Å². The average molecular weight is 349 g/mol. The largest absolute Gasteiger partial charge is 0.343 e. The minimum absolute atomic E-state index is 0.122. The Morgan fingerprint density at radius 2 is 1.69 bits per heavy atom. The van der Waals surface area contributed by atoms with E-state index in [1.807, 2.05) is 36.4 Å². The van der Waals surface area contributed by atoms with Crippen molar-refractivity contribution in [3.63, 3.8) is 0 Å². The van der Waals surface area contributed by atoms with E-state index in [1.165, 1.54) is 18.2 Å². The molecular formula is C19H15N3O4. The lowest BCUT2D eigenvalue weighted by Crippen LogP contribution is -2.32. The summed E-state index contributed by atoms with van der Waals surface area (Å²) in [5.74, 6) is -0.943. The zero-order valence-electron chi connectivity index (χ0n) is 13.6. The SMILES string of the molecule is O=C(CNC(=O)c1cccc([N+](=O)[O-])c1)Nc1cccc2ccccc12. The molecule has 0 spiro atoms. The molecule has 0 heterocycles. The minimum Gasteiger partial charge on any atom is -0.343 e. The lowest BCUT2D eigenvalue weighted by molar-refractivity contribution is -0.384. The molecule has 0 aliphatic rings. The molecule has 130 valence electrons. The fourth-order valence-corrected chi connectivity index (χ4v) is 2.55. The van der Waals surface area contributed by atoms with E-state index in [4.69, 9.17) is 0 Å². The van der Waals surface area contributed by atoms with E-state index in [0.717, 1.165) is 16.8 Å². The van der Waals surface area contributed by atoms with Crippen LogP contribution in [-0.2, 0) is 4.79 Å². The van der Waals surface area contributed by atoms with E-state index in [9.17, 15) is 19.7 Å². The lowest BCUT2D eigenvalue weighted by Gasteiger charge is -2.09. The number of rotatable bonds is 5. The summed E-state index contributed by atoms with van der Waals surface area (Å²) >= 11 is 0. The standard InChI is InChI=1S/C19H15N3O4/c23-18(21-17-10-4-6-13-5-1-2-9-16(13)17)12-20-19(24)14-7-3-8-15(11-14)22(25)26/h1-11H,12H2,(H,20,24)(H,21,23). The Kier molecular flexibility index (Phi) is 4.89. The molecule has 0 fully saturated rings. The van der Waals surface area contributed by atoms with Gasteiger partial charge in [0.25, 0.3) is 11.6 Å². The number of amides is 2. The monoisotopic (exact) mass is 349 g/mol. The molecule has 0 unspecified atom stereocenters. The number of non-ortho nitro benzene ring substituents is 1. The summed E-state index contributed by atoms with van der Waals surface area (Å²) in [6.07, 6.45) is 0. The van der Waals surface area contributed by atoms with Gasteiger partial charge >= 0.3 is 0 Å². The third-order valence-electron chi connectivity index (χ3n) is 3.79. The number of nitro benzene ring substituents is 1. The number of carbonyl (C=O) groups excluding carboxylic acids is 2. The van der Waals surface area contributed by atoms with Crippen LogP contribution in [-0.4, -0.2) is 23.3 Å². The van der Waals surface area contributed by atoms with E-state index in [0.29, 0.717) is 5.69 Å². The minimum atomic E-state index is -0.579. The van der Waals surface area contributed by atoms with Gasteiger partial charge in [0.15, 0.2) is 0 Å². The molecule has 3 rings (SSSR count).